The van der Waals surface area contributed by atoms with E-state index < -0.39 is 0 Å². The lowest BCUT2D eigenvalue weighted by molar-refractivity contribution is -0.143. The van der Waals surface area contributed by atoms with E-state index in [0.29, 0.717) is 19.6 Å². The van der Waals surface area contributed by atoms with Crippen LogP contribution >= 0.6 is 0 Å². The molecule has 0 aliphatic carbocycles. The molecule has 0 spiro atoms. The van der Waals surface area contributed by atoms with Crippen molar-refractivity contribution in [3.63, 3.8) is 0 Å². The zero-order chi connectivity index (χ0) is 23.9. The lowest BCUT2D eigenvalue weighted by Gasteiger charge is -2.56. The molecule has 33 heavy (non-hydrogen) atoms. The molecular weight excluding hydrogens is 420 g/mol. The molecule has 2 unspecified atom stereocenters. The standard InChI is InChI=1S/C25H30N4O4/c1-15-16(2)25(31)27(3)13-20(15)17-8-22(32-4)21(23(9-17)33-5)14-29-18-10-19(29)12-28(11-18)24(30)6-7-26/h8-9,13,18-19H,6,10-12,14H2,1-5H3. The molecule has 2 aliphatic heterocycles. The van der Waals surface area contributed by atoms with Crippen LogP contribution in [0.4, 0.5) is 0 Å². The number of methoxy groups -OCH3 is 2. The highest BCUT2D eigenvalue weighted by Crippen LogP contribution is 2.41. The molecule has 2 saturated heterocycles. The van der Waals surface area contributed by atoms with Gasteiger partial charge in [-0.1, -0.05) is 0 Å². The molecular formula is C25H30N4O4. The number of nitrogens with zero attached hydrogens (tertiary/aromatic N) is 4. The van der Waals surface area contributed by atoms with Gasteiger partial charge in [-0.15, -0.1) is 0 Å². The van der Waals surface area contributed by atoms with Crippen LogP contribution in [0.15, 0.2) is 23.1 Å². The number of hydrogen-bond acceptors (Lipinski definition) is 6. The van der Waals surface area contributed by atoms with Crippen molar-refractivity contribution in [3.05, 3.63) is 45.4 Å². The summed E-state index contributed by atoms with van der Waals surface area (Å²) in [5.74, 6) is 1.38. The Morgan fingerprint density at radius 2 is 1.73 bits per heavy atom. The van der Waals surface area contributed by atoms with Crippen LogP contribution in [0.3, 0.4) is 0 Å². The van der Waals surface area contributed by atoms with Gasteiger partial charge in [0.05, 0.1) is 25.9 Å². The fraction of sp³-hybridized carbons (Fsp3) is 0.480. The van der Waals surface area contributed by atoms with Crippen LogP contribution in [0, 0.1) is 25.2 Å². The van der Waals surface area contributed by atoms with Crippen LogP contribution in [0.2, 0.25) is 0 Å². The molecule has 2 aromatic rings. The van der Waals surface area contributed by atoms with E-state index in [-0.39, 0.29) is 30.0 Å². The average Bonchev–Trinajstić information content (AvgIpc) is 2.83. The second kappa shape index (κ2) is 8.91. The number of nitriles is 1. The molecule has 2 fully saturated rings. The van der Waals surface area contributed by atoms with Gasteiger partial charge in [-0.3, -0.25) is 14.5 Å². The van der Waals surface area contributed by atoms with Crippen molar-refractivity contribution >= 4 is 5.91 Å². The van der Waals surface area contributed by atoms with Crippen molar-refractivity contribution in [1.29, 1.82) is 5.26 Å². The number of ether oxygens (including phenoxy) is 2. The van der Waals surface area contributed by atoms with Gasteiger partial charge < -0.3 is 18.9 Å². The predicted molar refractivity (Wildman–Crippen MR) is 124 cm³/mol. The van der Waals surface area contributed by atoms with Gasteiger partial charge in [0.1, 0.15) is 17.9 Å². The van der Waals surface area contributed by atoms with Gasteiger partial charge >= 0.3 is 0 Å². The summed E-state index contributed by atoms with van der Waals surface area (Å²) >= 11 is 0. The maximum absolute atomic E-state index is 12.3. The third-order valence-corrected chi connectivity index (χ3v) is 7.12. The number of piperidine rings is 1. The third kappa shape index (κ3) is 3.98. The maximum atomic E-state index is 12.3. The number of pyridine rings is 1. The van der Waals surface area contributed by atoms with Crippen LogP contribution in [0.25, 0.3) is 11.1 Å². The SMILES string of the molecule is COc1cc(-c2cn(C)c(=O)c(C)c2C)cc(OC)c1CN1C2CC1CN(C(=O)CC#N)C2. The van der Waals surface area contributed by atoms with Gasteiger partial charge in [-0.05, 0) is 43.5 Å². The quantitative estimate of drug-likeness (QED) is 0.672. The minimum atomic E-state index is -0.0886. The highest BCUT2D eigenvalue weighted by molar-refractivity contribution is 5.78. The van der Waals surface area contributed by atoms with Gasteiger partial charge in [0.25, 0.3) is 5.56 Å². The Morgan fingerprint density at radius 1 is 1.12 bits per heavy atom. The number of benzene rings is 1. The fourth-order valence-electron chi connectivity index (χ4n) is 5.07. The summed E-state index contributed by atoms with van der Waals surface area (Å²) in [6, 6.07) is 6.50. The first-order valence-corrected chi connectivity index (χ1v) is 11.1. The minimum Gasteiger partial charge on any atom is -0.496 e. The maximum Gasteiger partial charge on any atom is 0.253 e. The molecule has 1 amide bonds. The molecule has 1 aromatic carbocycles. The number of amides is 1. The first-order chi connectivity index (χ1) is 15.8. The van der Waals surface area contributed by atoms with Crippen LogP contribution in [-0.4, -0.2) is 59.7 Å². The fourth-order valence-corrected chi connectivity index (χ4v) is 5.07. The van der Waals surface area contributed by atoms with E-state index in [4.69, 9.17) is 14.7 Å². The van der Waals surface area contributed by atoms with Gasteiger partial charge in [-0.25, -0.2) is 0 Å². The van der Waals surface area contributed by atoms with Crippen LogP contribution in [0.5, 0.6) is 11.5 Å². The van der Waals surface area contributed by atoms with Gasteiger partial charge in [0, 0.05) is 56.1 Å². The molecule has 174 valence electrons. The van der Waals surface area contributed by atoms with E-state index in [9.17, 15) is 9.59 Å². The van der Waals surface area contributed by atoms with Crippen molar-refractivity contribution in [2.45, 2.75) is 45.3 Å². The number of aromatic nitrogens is 1. The number of hydrogen-bond donors (Lipinski definition) is 0. The molecule has 1 aromatic heterocycles. The Balaban J connectivity index is 1.63. The topological polar surface area (TPSA) is 87.8 Å². The van der Waals surface area contributed by atoms with E-state index in [1.54, 1.807) is 30.7 Å². The summed E-state index contributed by atoms with van der Waals surface area (Å²) in [4.78, 5) is 28.6. The van der Waals surface area contributed by atoms with Crippen molar-refractivity contribution in [1.82, 2.24) is 14.4 Å². The number of carbonyl (C=O) groups is 1. The lowest BCUT2D eigenvalue weighted by Crippen LogP contribution is -2.68. The van der Waals surface area contributed by atoms with Gasteiger partial charge in [-0.2, -0.15) is 5.26 Å². The van der Waals surface area contributed by atoms with E-state index in [1.807, 2.05) is 38.2 Å². The van der Waals surface area contributed by atoms with Crippen molar-refractivity contribution in [3.8, 4) is 28.7 Å². The van der Waals surface area contributed by atoms with Crippen LogP contribution in [0.1, 0.15) is 29.5 Å². The van der Waals surface area contributed by atoms with E-state index in [0.717, 1.165) is 45.7 Å². The molecule has 0 radical (unpaired) electrons. The van der Waals surface area contributed by atoms with E-state index in [1.165, 1.54) is 0 Å². The average molecular weight is 451 g/mol. The first-order valence-electron chi connectivity index (χ1n) is 11.1. The molecule has 2 bridgehead atoms. The monoisotopic (exact) mass is 450 g/mol. The minimum absolute atomic E-state index is 0.00146. The predicted octanol–water partition coefficient (Wildman–Crippen LogP) is 2.39. The van der Waals surface area contributed by atoms with Crippen molar-refractivity contribution in [2.75, 3.05) is 27.3 Å². The Bertz CT molecular complexity index is 1160. The van der Waals surface area contributed by atoms with E-state index >= 15 is 0 Å². The molecule has 4 rings (SSSR count). The largest absolute Gasteiger partial charge is 0.496 e. The highest BCUT2D eigenvalue weighted by Gasteiger charge is 2.46. The highest BCUT2D eigenvalue weighted by atomic mass is 16.5. The number of aryl methyl sites for hydroxylation is 1. The Hall–Kier alpha value is -3.31. The summed E-state index contributed by atoms with van der Waals surface area (Å²) in [6.45, 7) is 5.76. The summed E-state index contributed by atoms with van der Waals surface area (Å²) in [5.41, 5.74) is 4.52. The van der Waals surface area contributed by atoms with Gasteiger partial charge in [0.2, 0.25) is 5.91 Å². The Labute approximate surface area is 193 Å². The second-order valence-corrected chi connectivity index (χ2v) is 8.92. The molecule has 8 heteroatoms. The number of piperazine rings is 1. The summed E-state index contributed by atoms with van der Waals surface area (Å²) in [7, 11) is 5.06. The molecule has 3 heterocycles. The molecule has 8 nitrogen and oxygen atoms in total. The number of fused-ring (bicyclic) bond motifs is 2. The number of carbonyl (C=O) groups excluding carboxylic acids is 1. The van der Waals surface area contributed by atoms with Crippen LogP contribution < -0.4 is 15.0 Å². The zero-order valence-electron chi connectivity index (χ0n) is 19.8. The summed E-state index contributed by atoms with van der Waals surface area (Å²) in [6.07, 6.45) is 2.84. The Morgan fingerprint density at radius 3 is 2.27 bits per heavy atom. The molecule has 2 aliphatic rings. The smallest absolute Gasteiger partial charge is 0.253 e. The van der Waals surface area contributed by atoms with E-state index in [2.05, 4.69) is 4.90 Å². The summed E-state index contributed by atoms with van der Waals surface area (Å²) < 4.78 is 13.2. The normalized spacial score (nSPS) is 19.6. The second-order valence-electron chi connectivity index (χ2n) is 8.92. The first kappa shape index (κ1) is 22.9. The van der Waals surface area contributed by atoms with Crippen molar-refractivity contribution < 1.29 is 14.3 Å². The van der Waals surface area contributed by atoms with Gasteiger partial charge in [0.15, 0.2) is 0 Å². The number of likely N-dealkylation sites (tertiary alicyclic amines) is 2. The Kier molecular flexibility index (Phi) is 6.17. The summed E-state index contributed by atoms with van der Waals surface area (Å²) in [5, 5.41) is 8.82. The molecule has 2 atom stereocenters. The number of rotatable bonds is 6. The molecule has 0 N–H and O–H groups in total. The molecule has 0 saturated carbocycles. The third-order valence-electron chi connectivity index (χ3n) is 7.12. The zero-order valence-corrected chi connectivity index (χ0v) is 19.8. The lowest BCUT2D eigenvalue weighted by atomic mass is 9.86. The van der Waals surface area contributed by atoms with Crippen molar-refractivity contribution in [2.24, 2.45) is 7.05 Å². The van der Waals surface area contributed by atoms with Crippen LogP contribution in [-0.2, 0) is 18.4 Å².